The van der Waals surface area contributed by atoms with E-state index in [1.165, 1.54) is 0 Å². The molecule has 0 aliphatic rings. The molecular formula is C9H6BrN2. The van der Waals surface area contributed by atoms with E-state index in [1.54, 1.807) is 0 Å². The predicted molar refractivity (Wildman–Crippen MR) is 50.6 cm³/mol. The van der Waals surface area contributed by atoms with E-state index in [-0.39, 0.29) is 0 Å². The average molecular weight is 222 g/mol. The van der Waals surface area contributed by atoms with Crippen molar-refractivity contribution in [2.24, 2.45) is 0 Å². The van der Waals surface area contributed by atoms with Crippen LogP contribution in [0.5, 0.6) is 0 Å². The van der Waals surface area contributed by atoms with Crippen LogP contribution in [0, 0.1) is 6.20 Å². The zero-order valence-corrected chi connectivity index (χ0v) is 7.80. The lowest BCUT2D eigenvalue weighted by Crippen LogP contribution is -1.73. The Morgan fingerprint density at radius 3 is 2.58 bits per heavy atom. The van der Waals surface area contributed by atoms with Gasteiger partial charge in [0.2, 0.25) is 0 Å². The second-order valence-corrected chi connectivity index (χ2v) is 3.13. The SMILES string of the molecule is Brc1n[nH][c]c1-c1ccccc1. The van der Waals surface area contributed by atoms with Crippen LogP contribution in [0.25, 0.3) is 11.1 Å². The zero-order chi connectivity index (χ0) is 8.39. The summed E-state index contributed by atoms with van der Waals surface area (Å²) in [4.78, 5) is 0. The second-order valence-electron chi connectivity index (χ2n) is 2.38. The largest absolute Gasteiger partial charge is 0.274 e. The highest BCUT2D eigenvalue weighted by atomic mass is 79.9. The number of nitrogens with zero attached hydrogens (tertiary/aromatic N) is 1. The molecule has 1 aromatic carbocycles. The number of nitrogens with one attached hydrogen (secondary N) is 1. The first-order valence-electron chi connectivity index (χ1n) is 3.55. The van der Waals surface area contributed by atoms with E-state index in [9.17, 15) is 0 Å². The van der Waals surface area contributed by atoms with Crippen LogP contribution in [0.3, 0.4) is 0 Å². The fourth-order valence-electron chi connectivity index (χ4n) is 1.04. The smallest absolute Gasteiger partial charge is 0.136 e. The maximum absolute atomic E-state index is 3.93. The van der Waals surface area contributed by atoms with Gasteiger partial charge < -0.3 is 0 Å². The van der Waals surface area contributed by atoms with E-state index in [1.807, 2.05) is 30.3 Å². The maximum Gasteiger partial charge on any atom is 0.136 e. The number of halogens is 1. The molecule has 1 aromatic heterocycles. The van der Waals surface area contributed by atoms with Gasteiger partial charge in [-0.25, -0.2) is 0 Å². The van der Waals surface area contributed by atoms with E-state index in [4.69, 9.17) is 0 Å². The average Bonchev–Trinajstić information content (AvgIpc) is 2.53. The molecule has 0 unspecified atom stereocenters. The second kappa shape index (κ2) is 3.11. The van der Waals surface area contributed by atoms with E-state index in [0.717, 1.165) is 15.7 Å². The molecule has 2 nitrogen and oxygen atoms in total. The van der Waals surface area contributed by atoms with Gasteiger partial charge in [0.25, 0.3) is 0 Å². The van der Waals surface area contributed by atoms with Crippen LogP contribution in [0.15, 0.2) is 34.9 Å². The third-order valence-electron chi connectivity index (χ3n) is 1.60. The summed E-state index contributed by atoms with van der Waals surface area (Å²) in [6.07, 6.45) is 2.94. The summed E-state index contributed by atoms with van der Waals surface area (Å²) in [7, 11) is 0. The van der Waals surface area contributed by atoms with Gasteiger partial charge in [0, 0.05) is 5.56 Å². The Morgan fingerprint density at radius 1 is 1.25 bits per heavy atom. The normalized spacial score (nSPS) is 10.1. The molecule has 0 spiro atoms. The summed E-state index contributed by atoms with van der Waals surface area (Å²) in [5, 5.41) is 6.60. The Bertz CT molecular complexity index is 367. The number of H-pyrrole nitrogens is 1. The van der Waals surface area contributed by atoms with Crippen molar-refractivity contribution in [1.82, 2.24) is 10.2 Å². The Morgan fingerprint density at radius 2 is 2.00 bits per heavy atom. The molecule has 0 aliphatic heterocycles. The third kappa shape index (κ3) is 1.28. The molecule has 1 N–H and O–H groups in total. The Labute approximate surface area is 78.8 Å². The van der Waals surface area contributed by atoms with Gasteiger partial charge in [0.05, 0.1) is 6.20 Å². The lowest BCUT2D eigenvalue weighted by atomic mass is 10.1. The number of aromatic nitrogens is 2. The minimum Gasteiger partial charge on any atom is -0.274 e. The molecule has 2 aromatic rings. The number of hydrogen-bond acceptors (Lipinski definition) is 1. The quantitative estimate of drug-likeness (QED) is 0.789. The topological polar surface area (TPSA) is 28.7 Å². The van der Waals surface area contributed by atoms with Crippen LogP contribution < -0.4 is 0 Å². The summed E-state index contributed by atoms with van der Waals surface area (Å²) in [5.41, 5.74) is 2.08. The van der Waals surface area contributed by atoms with Crippen molar-refractivity contribution in [1.29, 1.82) is 0 Å². The van der Waals surface area contributed by atoms with Crippen LogP contribution in [0.4, 0.5) is 0 Å². The van der Waals surface area contributed by atoms with Gasteiger partial charge in [0.15, 0.2) is 0 Å². The Kier molecular flexibility index (Phi) is 1.96. The van der Waals surface area contributed by atoms with E-state index < -0.39 is 0 Å². The molecule has 1 heterocycles. The monoisotopic (exact) mass is 221 g/mol. The van der Waals surface area contributed by atoms with Crippen LogP contribution in [-0.4, -0.2) is 10.2 Å². The van der Waals surface area contributed by atoms with Crippen molar-refractivity contribution >= 4 is 15.9 Å². The van der Waals surface area contributed by atoms with Crippen LogP contribution >= 0.6 is 15.9 Å². The van der Waals surface area contributed by atoms with Crippen molar-refractivity contribution in [2.45, 2.75) is 0 Å². The van der Waals surface area contributed by atoms with Gasteiger partial charge in [-0.2, -0.15) is 5.10 Å². The van der Waals surface area contributed by atoms with E-state index in [0.29, 0.717) is 0 Å². The predicted octanol–water partition coefficient (Wildman–Crippen LogP) is 2.64. The molecule has 2 rings (SSSR count). The minimum absolute atomic E-state index is 0.800. The zero-order valence-electron chi connectivity index (χ0n) is 6.21. The highest BCUT2D eigenvalue weighted by molar-refractivity contribution is 9.10. The van der Waals surface area contributed by atoms with Crippen LogP contribution in [0.1, 0.15) is 0 Å². The molecule has 12 heavy (non-hydrogen) atoms. The van der Waals surface area contributed by atoms with Gasteiger partial charge in [-0.15, -0.1) is 0 Å². The summed E-state index contributed by atoms with van der Waals surface area (Å²) in [6, 6.07) is 10.0. The van der Waals surface area contributed by atoms with Crippen molar-refractivity contribution < 1.29 is 0 Å². The Hall–Kier alpha value is -1.09. The summed E-state index contributed by atoms with van der Waals surface area (Å²) < 4.78 is 0.800. The number of hydrogen-bond donors (Lipinski definition) is 1. The fourth-order valence-corrected chi connectivity index (χ4v) is 1.45. The standard InChI is InChI=1S/C9H6BrN2/c10-9-8(6-11-12-9)7-4-2-1-3-5-7/h1-5H,(H,11,12). The fraction of sp³-hybridized carbons (Fsp3) is 0. The summed E-state index contributed by atoms with van der Waals surface area (Å²) in [6.45, 7) is 0. The number of benzene rings is 1. The molecule has 0 saturated heterocycles. The Balaban J connectivity index is 2.51. The van der Waals surface area contributed by atoms with Crippen LogP contribution in [-0.2, 0) is 0 Å². The van der Waals surface area contributed by atoms with Gasteiger partial charge in [-0.3, -0.25) is 5.10 Å². The number of aromatic amines is 1. The van der Waals surface area contributed by atoms with Gasteiger partial charge in [-0.05, 0) is 21.5 Å². The van der Waals surface area contributed by atoms with Crippen LogP contribution in [0.2, 0.25) is 0 Å². The lowest BCUT2D eigenvalue weighted by Gasteiger charge is -1.94. The first-order chi connectivity index (χ1) is 5.88. The number of rotatable bonds is 1. The van der Waals surface area contributed by atoms with Gasteiger partial charge in [0.1, 0.15) is 4.60 Å². The molecule has 0 bridgehead atoms. The van der Waals surface area contributed by atoms with E-state index >= 15 is 0 Å². The van der Waals surface area contributed by atoms with E-state index in [2.05, 4.69) is 32.3 Å². The maximum atomic E-state index is 3.93. The first kappa shape index (κ1) is 7.55. The summed E-state index contributed by atoms with van der Waals surface area (Å²) in [5.74, 6) is 0. The molecule has 1 radical (unpaired) electrons. The summed E-state index contributed by atoms with van der Waals surface area (Å²) >= 11 is 3.33. The first-order valence-corrected chi connectivity index (χ1v) is 4.34. The van der Waals surface area contributed by atoms with Crippen molar-refractivity contribution in [3.63, 3.8) is 0 Å². The minimum atomic E-state index is 0.800. The molecule has 59 valence electrons. The molecular weight excluding hydrogens is 216 g/mol. The van der Waals surface area contributed by atoms with Crippen molar-refractivity contribution in [3.05, 3.63) is 41.1 Å². The highest BCUT2D eigenvalue weighted by Gasteiger charge is 2.03. The highest BCUT2D eigenvalue weighted by Crippen LogP contribution is 2.24. The molecule has 0 fully saturated rings. The molecule has 0 saturated carbocycles. The van der Waals surface area contributed by atoms with Gasteiger partial charge in [-0.1, -0.05) is 30.3 Å². The molecule has 0 aliphatic carbocycles. The van der Waals surface area contributed by atoms with Crippen molar-refractivity contribution in [2.75, 3.05) is 0 Å². The molecule has 0 atom stereocenters. The lowest BCUT2D eigenvalue weighted by molar-refractivity contribution is 1.06. The van der Waals surface area contributed by atoms with Gasteiger partial charge >= 0.3 is 0 Å². The van der Waals surface area contributed by atoms with Crippen molar-refractivity contribution in [3.8, 4) is 11.1 Å². The third-order valence-corrected chi connectivity index (χ3v) is 2.18. The molecule has 3 heteroatoms. The molecule has 0 amide bonds.